The molecule has 1 aromatic carbocycles. The van der Waals surface area contributed by atoms with Crippen molar-refractivity contribution in [1.82, 2.24) is 0 Å². The first-order valence-electron chi connectivity index (χ1n) is 16.7. The van der Waals surface area contributed by atoms with Crippen LogP contribution in [-0.2, 0) is 41.3 Å². The smallest absolute Gasteiger partial charge is 0.308 e. The van der Waals surface area contributed by atoms with E-state index in [0.717, 1.165) is 18.4 Å². The van der Waals surface area contributed by atoms with E-state index in [1.807, 2.05) is 38.1 Å². The van der Waals surface area contributed by atoms with Crippen LogP contribution in [0.5, 0.6) is 0 Å². The Labute approximate surface area is 279 Å². The number of aryl methyl sites for hydroxylation is 1. The normalized spacial score (nSPS) is 27.0. The lowest BCUT2D eigenvalue weighted by Crippen LogP contribution is -2.46. The number of cyclic esters (lactones) is 1. The Kier molecular flexibility index (Phi) is 15.2. The van der Waals surface area contributed by atoms with E-state index >= 15 is 0 Å². The Balaban J connectivity index is 2.31. The zero-order chi connectivity index (χ0) is 34.7. The molecule has 1 N–H and O–H groups in total. The highest BCUT2D eigenvalue weighted by Crippen LogP contribution is 2.39. The molecule has 6 atom stereocenters. The van der Waals surface area contributed by atoms with Gasteiger partial charge in [0.15, 0.2) is 8.32 Å². The summed E-state index contributed by atoms with van der Waals surface area (Å²) in [6.07, 6.45) is 10.7. The average Bonchev–Trinajstić information content (AvgIpc) is 2.95. The van der Waals surface area contributed by atoms with E-state index in [1.54, 1.807) is 20.1 Å². The van der Waals surface area contributed by atoms with Crippen LogP contribution in [-0.4, -0.2) is 56.4 Å². The third-order valence-electron chi connectivity index (χ3n) is 9.40. The molecule has 8 heteroatoms. The minimum Gasteiger partial charge on any atom is -0.457 e. The van der Waals surface area contributed by atoms with Gasteiger partial charge in [-0.15, -0.1) is 0 Å². The molecule has 0 saturated carbocycles. The van der Waals surface area contributed by atoms with Gasteiger partial charge in [0.05, 0.1) is 19.1 Å². The predicted octanol–water partition coefficient (Wildman–Crippen LogP) is 8.27. The largest absolute Gasteiger partial charge is 0.457 e. The molecule has 0 aliphatic carbocycles. The van der Waals surface area contributed by atoms with Crippen LogP contribution >= 0.6 is 0 Å². The molecular formula is C38H60O7Si. The molecule has 7 nitrogen and oxygen atoms in total. The second kappa shape index (κ2) is 17.6. The highest BCUT2D eigenvalue weighted by Gasteiger charge is 2.41. The number of aliphatic hydroxyl groups is 1. The van der Waals surface area contributed by atoms with E-state index < -0.39 is 38.2 Å². The minimum absolute atomic E-state index is 0.0563. The Morgan fingerprint density at radius 3 is 2.43 bits per heavy atom. The maximum Gasteiger partial charge on any atom is 0.308 e. The summed E-state index contributed by atoms with van der Waals surface area (Å²) in [7, 11) is -0.516. The molecule has 0 spiro atoms. The third-order valence-corrected chi connectivity index (χ3v) is 13.9. The first-order chi connectivity index (χ1) is 21.4. The molecule has 2 rings (SSSR count). The molecular weight excluding hydrogens is 596 g/mol. The van der Waals surface area contributed by atoms with Crippen LogP contribution < -0.4 is 0 Å². The second-order valence-corrected chi connectivity index (χ2v) is 19.6. The van der Waals surface area contributed by atoms with Gasteiger partial charge in [-0.25, -0.2) is 0 Å². The summed E-state index contributed by atoms with van der Waals surface area (Å²) in [5, 5.41) is 11.4. The Hall–Kier alpha value is -2.52. The Morgan fingerprint density at radius 2 is 1.83 bits per heavy atom. The Bertz CT molecular complexity index is 1220. The summed E-state index contributed by atoms with van der Waals surface area (Å²) in [6.45, 7) is 20.5. The molecule has 0 aromatic heterocycles. The van der Waals surface area contributed by atoms with Crippen molar-refractivity contribution in [3.8, 4) is 0 Å². The fourth-order valence-corrected chi connectivity index (χ4v) is 6.77. The number of hydrogen-bond donors (Lipinski definition) is 1. The van der Waals surface area contributed by atoms with E-state index in [1.165, 1.54) is 18.1 Å². The monoisotopic (exact) mass is 656 g/mol. The van der Waals surface area contributed by atoms with E-state index in [0.29, 0.717) is 25.4 Å². The number of carbonyl (C=O) groups is 2. The highest BCUT2D eigenvalue weighted by molar-refractivity contribution is 6.74. The number of allylic oxidation sites excluding steroid dienone is 3. The fraction of sp³-hybridized carbons (Fsp3) is 0.632. The van der Waals surface area contributed by atoms with Crippen LogP contribution in [0.25, 0.3) is 0 Å². The van der Waals surface area contributed by atoms with Crippen molar-refractivity contribution in [2.45, 2.75) is 136 Å². The van der Waals surface area contributed by atoms with Crippen molar-refractivity contribution in [3.63, 3.8) is 0 Å². The first kappa shape index (κ1) is 39.7. The molecule has 0 amide bonds. The summed E-state index contributed by atoms with van der Waals surface area (Å²) in [4.78, 5) is 25.5. The Morgan fingerprint density at radius 1 is 1.17 bits per heavy atom. The fourth-order valence-electron chi connectivity index (χ4n) is 5.38. The lowest BCUT2D eigenvalue weighted by atomic mass is 9.88. The van der Waals surface area contributed by atoms with Gasteiger partial charge in [0.2, 0.25) is 0 Å². The van der Waals surface area contributed by atoms with Crippen molar-refractivity contribution in [1.29, 1.82) is 0 Å². The van der Waals surface area contributed by atoms with Gasteiger partial charge < -0.3 is 23.7 Å². The van der Waals surface area contributed by atoms with Gasteiger partial charge in [0.25, 0.3) is 0 Å². The maximum atomic E-state index is 13.5. The van der Waals surface area contributed by atoms with Crippen molar-refractivity contribution in [2.24, 2.45) is 11.8 Å². The zero-order valence-corrected chi connectivity index (χ0v) is 31.2. The minimum atomic E-state index is -2.23. The lowest BCUT2D eigenvalue weighted by molar-refractivity contribution is -0.157. The summed E-state index contributed by atoms with van der Waals surface area (Å²) >= 11 is 0. The zero-order valence-electron chi connectivity index (χ0n) is 30.2. The summed E-state index contributed by atoms with van der Waals surface area (Å²) in [5.74, 6) is -0.693. The number of methoxy groups -OCH3 is 1. The van der Waals surface area contributed by atoms with Gasteiger partial charge in [-0.1, -0.05) is 83.2 Å². The van der Waals surface area contributed by atoms with Crippen molar-refractivity contribution in [2.75, 3.05) is 7.11 Å². The predicted molar refractivity (Wildman–Crippen MR) is 188 cm³/mol. The molecule has 46 heavy (non-hydrogen) atoms. The molecule has 0 fully saturated rings. The number of benzene rings is 1. The first-order valence-corrected chi connectivity index (χ1v) is 19.6. The number of esters is 2. The van der Waals surface area contributed by atoms with Crippen molar-refractivity contribution >= 4 is 20.3 Å². The van der Waals surface area contributed by atoms with Crippen LogP contribution in [0, 0.1) is 11.8 Å². The molecule has 1 aromatic rings. The third kappa shape index (κ3) is 12.6. The number of hydrogen-bond acceptors (Lipinski definition) is 7. The molecule has 0 radical (unpaired) electrons. The van der Waals surface area contributed by atoms with Crippen LogP contribution in [0.2, 0.25) is 18.1 Å². The van der Waals surface area contributed by atoms with Crippen LogP contribution in [0.15, 0.2) is 60.2 Å². The van der Waals surface area contributed by atoms with Gasteiger partial charge in [-0.2, -0.15) is 0 Å². The van der Waals surface area contributed by atoms with E-state index in [4.69, 9.17) is 18.6 Å². The van der Waals surface area contributed by atoms with E-state index in [9.17, 15) is 14.7 Å². The second-order valence-electron chi connectivity index (χ2n) is 14.8. The molecule has 1 heterocycles. The van der Waals surface area contributed by atoms with Crippen molar-refractivity contribution in [3.05, 3.63) is 71.3 Å². The topological polar surface area (TPSA) is 91.3 Å². The van der Waals surface area contributed by atoms with Gasteiger partial charge in [-0.05, 0) is 86.4 Å². The highest BCUT2D eigenvalue weighted by atomic mass is 28.4. The molecule has 0 saturated heterocycles. The van der Waals surface area contributed by atoms with E-state index in [-0.39, 0.29) is 23.3 Å². The van der Waals surface area contributed by atoms with Gasteiger partial charge in [-0.3, -0.25) is 9.59 Å². The maximum absolute atomic E-state index is 13.5. The number of rotatable bonds is 11. The summed E-state index contributed by atoms with van der Waals surface area (Å²) in [5.41, 5.74) is 2.08. The molecule has 258 valence electrons. The molecule has 1 unspecified atom stereocenters. The molecule has 1 aliphatic heterocycles. The number of ether oxygens (including phenoxy) is 3. The molecule has 1 aliphatic rings. The average molecular weight is 657 g/mol. The summed E-state index contributed by atoms with van der Waals surface area (Å²) < 4.78 is 23.8. The standard InChI is InChI=1S/C38H60O7Si/c1-27(19-21-31-17-12-13-18-32(31)26-42-9)15-14-16-28(2)36-29(3)20-22-34(43-30(4)39)38(8,41)24-23-33(25-35(40)44-36)45-46(10,11)37(5,6)7/h12-18,20,22,27,29,33-34,36,41H,19,21,23-26H2,1-11H3/b15-14+,22-20+,28-16+/t27?,29-,33+,34-,36+,38+/m0/s1. The SMILES string of the molecule is COCc1ccccc1CCC(C)/C=C/C=C(\C)[C@H]1OC(=O)C[C@H](O[Si](C)(C)C(C)(C)C)CC[C@@](C)(O)[C@@H](OC(C)=O)/C=C/[C@@H]1C. The molecule has 0 bridgehead atoms. The quantitative estimate of drug-likeness (QED) is 0.111. The van der Waals surface area contributed by atoms with Crippen LogP contribution in [0.1, 0.15) is 92.2 Å². The summed E-state index contributed by atoms with van der Waals surface area (Å²) in [6, 6.07) is 8.39. The van der Waals surface area contributed by atoms with Crippen LogP contribution in [0.4, 0.5) is 0 Å². The van der Waals surface area contributed by atoms with Crippen LogP contribution in [0.3, 0.4) is 0 Å². The number of carbonyl (C=O) groups excluding carboxylic acids is 2. The van der Waals surface area contributed by atoms with Gasteiger partial charge in [0, 0.05) is 20.0 Å². The van der Waals surface area contributed by atoms with Gasteiger partial charge in [0.1, 0.15) is 17.8 Å². The van der Waals surface area contributed by atoms with Gasteiger partial charge >= 0.3 is 11.9 Å². The lowest BCUT2D eigenvalue weighted by Gasteiger charge is -2.40. The van der Waals surface area contributed by atoms with Crippen molar-refractivity contribution < 1.29 is 33.3 Å². The van der Waals surface area contributed by atoms with E-state index in [2.05, 4.69) is 65.1 Å².